The molecule has 0 saturated heterocycles. The summed E-state index contributed by atoms with van der Waals surface area (Å²) >= 11 is 0. The lowest BCUT2D eigenvalue weighted by Gasteiger charge is -2.56. The average Bonchev–Trinajstić information content (AvgIpc) is 2.53. The second kappa shape index (κ2) is 6.78. The van der Waals surface area contributed by atoms with E-state index in [1.165, 1.54) is 44.1 Å². The van der Waals surface area contributed by atoms with E-state index in [1.807, 2.05) is 0 Å². The average molecular weight is 326 g/mol. The monoisotopic (exact) mass is 326 g/mol. The molecule has 4 bridgehead atoms. The largest absolute Gasteiger partial charge is 0.338 e. The summed E-state index contributed by atoms with van der Waals surface area (Å²) in [6.07, 6.45) is 11.2. The van der Waals surface area contributed by atoms with Crippen LogP contribution < -0.4 is 10.6 Å². The maximum atomic E-state index is 12.3. The zero-order chi connectivity index (χ0) is 16.4. The van der Waals surface area contributed by atoms with E-state index in [0.29, 0.717) is 0 Å². The summed E-state index contributed by atoms with van der Waals surface area (Å²) < 4.78 is 0. The number of hydrogen-bond acceptors (Lipinski definition) is 1. The molecule has 1 aromatic rings. The molecule has 0 spiro atoms. The molecule has 4 fully saturated rings. The van der Waals surface area contributed by atoms with Gasteiger partial charge in [-0.2, -0.15) is 0 Å². The second-order valence-electron chi connectivity index (χ2n) is 8.52. The fourth-order valence-corrected chi connectivity index (χ4v) is 5.85. The van der Waals surface area contributed by atoms with Gasteiger partial charge < -0.3 is 10.6 Å². The Morgan fingerprint density at radius 1 is 0.958 bits per heavy atom. The van der Waals surface area contributed by atoms with Crippen LogP contribution in [0.5, 0.6) is 0 Å². The number of benzene rings is 1. The summed E-state index contributed by atoms with van der Waals surface area (Å²) in [6, 6.07) is 10.6. The van der Waals surface area contributed by atoms with Gasteiger partial charge in [-0.15, -0.1) is 0 Å². The minimum atomic E-state index is 0.0664. The summed E-state index contributed by atoms with van der Waals surface area (Å²) in [5.74, 6) is 2.63. The van der Waals surface area contributed by atoms with Crippen LogP contribution in [0.4, 0.5) is 4.79 Å². The number of amides is 2. The minimum absolute atomic E-state index is 0.0664. The van der Waals surface area contributed by atoms with Gasteiger partial charge in [0.25, 0.3) is 0 Å². The van der Waals surface area contributed by atoms with Crippen molar-refractivity contribution in [3.63, 3.8) is 0 Å². The first-order valence-corrected chi connectivity index (χ1v) is 9.81. The Bertz CT molecular complexity index is 533. The Morgan fingerprint density at radius 3 is 2.21 bits per heavy atom. The number of urea groups is 1. The number of aryl methyl sites for hydroxylation is 1. The zero-order valence-electron chi connectivity index (χ0n) is 14.6. The maximum Gasteiger partial charge on any atom is 0.315 e. The topological polar surface area (TPSA) is 41.1 Å². The first kappa shape index (κ1) is 16.0. The normalized spacial score (nSPS) is 33.4. The molecule has 4 aliphatic rings. The predicted molar refractivity (Wildman–Crippen MR) is 96.8 cm³/mol. The van der Waals surface area contributed by atoms with Crippen LogP contribution in [0.2, 0.25) is 0 Å². The van der Waals surface area contributed by atoms with Gasteiger partial charge in [0.15, 0.2) is 0 Å². The van der Waals surface area contributed by atoms with Crippen molar-refractivity contribution < 1.29 is 4.79 Å². The van der Waals surface area contributed by atoms with Crippen molar-refractivity contribution in [1.82, 2.24) is 10.6 Å². The second-order valence-corrected chi connectivity index (χ2v) is 8.52. The van der Waals surface area contributed by atoms with E-state index in [2.05, 4.69) is 41.0 Å². The maximum absolute atomic E-state index is 12.3. The molecule has 130 valence electrons. The minimum Gasteiger partial charge on any atom is -0.338 e. The SMILES string of the molecule is O=C(NCCCCc1ccccc1)NC12CC3CC(CC(C3)C1)C2. The molecule has 24 heavy (non-hydrogen) atoms. The fourth-order valence-electron chi connectivity index (χ4n) is 5.85. The molecule has 4 saturated carbocycles. The van der Waals surface area contributed by atoms with Gasteiger partial charge in [0.05, 0.1) is 0 Å². The molecule has 4 aliphatic carbocycles. The fraction of sp³-hybridized carbons (Fsp3) is 0.667. The molecule has 0 aliphatic heterocycles. The summed E-state index contributed by atoms with van der Waals surface area (Å²) in [7, 11) is 0. The Balaban J connectivity index is 1.18. The van der Waals surface area contributed by atoms with Crippen molar-refractivity contribution in [2.45, 2.75) is 63.3 Å². The number of unbranched alkanes of at least 4 members (excludes halogenated alkanes) is 1. The Hall–Kier alpha value is -1.51. The smallest absolute Gasteiger partial charge is 0.315 e. The van der Waals surface area contributed by atoms with Crippen LogP contribution in [0.25, 0.3) is 0 Å². The van der Waals surface area contributed by atoms with Gasteiger partial charge in [-0.1, -0.05) is 30.3 Å². The van der Waals surface area contributed by atoms with Crippen molar-refractivity contribution in [3.05, 3.63) is 35.9 Å². The standard InChI is InChI=1S/C21H30N2O/c24-20(22-9-5-4-8-16-6-2-1-3-7-16)23-21-13-17-10-18(14-21)12-19(11-17)15-21/h1-3,6-7,17-19H,4-5,8-15H2,(H2,22,23,24). The van der Waals surface area contributed by atoms with Crippen LogP contribution in [-0.4, -0.2) is 18.1 Å². The molecule has 1 aromatic carbocycles. The number of hydrogen-bond donors (Lipinski definition) is 2. The van der Waals surface area contributed by atoms with Gasteiger partial charge in [0.1, 0.15) is 0 Å². The Kier molecular flexibility index (Phi) is 4.51. The molecule has 0 atom stereocenters. The van der Waals surface area contributed by atoms with E-state index in [1.54, 1.807) is 0 Å². The molecular weight excluding hydrogens is 296 g/mol. The quantitative estimate of drug-likeness (QED) is 0.753. The van der Waals surface area contributed by atoms with Gasteiger partial charge in [0.2, 0.25) is 0 Å². The van der Waals surface area contributed by atoms with Gasteiger partial charge in [-0.3, -0.25) is 0 Å². The van der Waals surface area contributed by atoms with Crippen LogP contribution >= 0.6 is 0 Å². The third kappa shape index (κ3) is 3.60. The summed E-state index contributed by atoms with van der Waals surface area (Å²) in [5, 5.41) is 6.48. The highest BCUT2D eigenvalue weighted by atomic mass is 16.2. The van der Waals surface area contributed by atoms with E-state index in [0.717, 1.165) is 43.6 Å². The van der Waals surface area contributed by atoms with Crippen molar-refractivity contribution in [2.75, 3.05) is 6.54 Å². The molecule has 0 radical (unpaired) electrons. The van der Waals surface area contributed by atoms with Crippen LogP contribution in [0.15, 0.2) is 30.3 Å². The molecule has 0 aromatic heterocycles. The molecule has 0 heterocycles. The Labute approximate surface area is 145 Å². The highest BCUT2D eigenvalue weighted by Gasteiger charge is 2.51. The molecule has 0 unspecified atom stereocenters. The van der Waals surface area contributed by atoms with E-state index >= 15 is 0 Å². The zero-order valence-corrected chi connectivity index (χ0v) is 14.6. The van der Waals surface area contributed by atoms with Gasteiger partial charge in [-0.05, 0) is 81.1 Å². The summed E-state index contributed by atoms with van der Waals surface area (Å²) in [5.41, 5.74) is 1.51. The first-order chi connectivity index (χ1) is 11.7. The third-order valence-electron chi connectivity index (χ3n) is 6.44. The van der Waals surface area contributed by atoms with Crippen molar-refractivity contribution >= 4 is 6.03 Å². The summed E-state index contributed by atoms with van der Waals surface area (Å²) in [6.45, 7) is 0.783. The van der Waals surface area contributed by atoms with Crippen molar-refractivity contribution in [3.8, 4) is 0 Å². The molecule has 2 N–H and O–H groups in total. The molecule has 3 heteroatoms. The predicted octanol–water partition coefficient (Wildman–Crippen LogP) is 4.28. The van der Waals surface area contributed by atoms with Crippen LogP contribution in [-0.2, 0) is 6.42 Å². The lowest BCUT2D eigenvalue weighted by atomic mass is 9.53. The van der Waals surface area contributed by atoms with E-state index in [4.69, 9.17) is 0 Å². The number of carbonyl (C=O) groups excluding carboxylic acids is 1. The number of nitrogens with one attached hydrogen (secondary N) is 2. The Morgan fingerprint density at radius 2 is 1.58 bits per heavy atom. The van der Waals surface area contributed by atoms with E-state index in [-0.39, 0.29) is 11.6 Å². The molecule has 5 rings (SSSR count). The summed E-state index contributed by atoms with van der Waals surface area (Å²) in [4.78, 5) is 12.3. The number of rotatable bonds is 6. The molecule has 2 amide bonds. The highest BCUT2D eigenvalue weighted by Crippen LogP contribution is 2.55. The van der Waals surface area contributed by atoms with Crippen LogP contribution in [0, 0.1) is 17.8 Å². The lowest BCUT2D eigenvalue weighted by molar-refractivity contribution is -0.0135. The molecule has 3 nitrogen and oxygen atoms in total. The highest BCUT2D eigenvalue weighted by molar-refractivity contribution is 5.74. The van der Waals surface area contributed by atoms with E-state index in [9.17, 15) is 4.79 Å². The van der Waals surface area contributed by atoms with Crippen molar-refractivity contribution in [1.29, 1.82) is 0 Å². The first-order valence-electron chi connectivity index (χ1n) is 9.81. The third-order valence-corrected chi connectivity index (χ3v) is 6.44. The van der Waals surface area contributed by atoms with Gasteiger partial charge in [0, 0.05) is 12.1 Å². The van der Waals surface area contributed by atoms with Crippen LogP contribution in [0.1, 0.15) is 56.9 Å². The molecular formula is C21H30N2O. The lowest BCUT2D eigenvalue weighted by Crippen LogP contribution is -2.61. The van der Waals surface area contributed by atoms with E-state index < -0.39 is 0 Å². The van der Waals surface area contributed by atoms with Gasteiger partial charge >= 0.3 is 6.03 Å². The van der Waals surface area contributed by atoms with Gasteiger partial charge in [-0.25, -0.2) is 4.79 Å². The van der Waals surface area contributed by atoms with Crippen LogP contribution in [0.3, 0.4) is 0 Å². The van der Waals surface area contributed by atoms with Crippen molar-refractivity contribution in [2.24, 2.45) is 17.8 Å². The number of carbonyl (C=O) groups is 1.